The van der Waals surface area contributed by atoms with E-state index in [4.69, 9.17) is 9.47 Å². The Morgan fingerprint density at radius 3 is 2.39 bits per heavy atom. The molecular weight excluding hydrogens is 360 g/mol. The van der Waals surface area contributed by atoms with E-state index in [9.17, 15) is 14.4 Å². The van der Waals surface area contributed by atoms with Crippen molar-refractivity contribution in [3.05, 3.63) is 35.9 Å². The maximum Gasteiger partial charge on any atom is 0.233 e. The van der Waals surface area contributed by atoms with E-state index in [2.05, 4.69) is 17.5 Å². The summed E-state index contributed by atoms with van der Waals surface area (Å²) in [4.78, 5) is 39.1. The highest BCUT2D eigenvalue weighted by Gasteiger charge is 2.56. The number of imide groups is 1. The number of amides is 3. The van der Waals surface area contributed by atoms with Crippen molar-refractivity contribution in [2.45, 2.75) is 25.8 Å². The van der Waals surface area contributed by atoms with Crippen molar-refractivity contribution in [2.75, 3.05) is 13.3 Å². The zero-order chi connectivity index (χ0) is 19.3. The number of hydrogen-bond donors (Lipinski definition) is 1. The minimum absolute atomic E-state index is 0.0994. The van der Waals surface area contributed by atoms with E-state index in [-0.39, 0.29) is 61.2 Å². The molecule has 1 aromatic carbocycles. The van der Waals surface area contributed by atoms with E-state index in [1.807, 2.05) is 18.2 Å². The number of fused-ring (bicyclic) bond motifs is 2. The molecule has 1 aromatic rings. The van der Waals surface area contributed by atoms with E-state index in [1.54, 1.807) is 0 Å². The molecule has 2 aliphatic heterocycles. The third-order valence-corrected chi connectivity index (χ3v) is 6.34. The lowest BCUT2D eigenvalue weighted by atomic mass is 9.63. The van der Waals surface area contributed by atoms with Gasteiger partial charge in [0.1, 0.15) is 0 Å². The summed E-state index contributed by atoms with van der Waals surface area (Å²) >= 11 is 0. The number of likely N-dealkylation sites (tertiary alicyclic amines) is 1. The SMILES string of the molecule is O=C(CCN1C(=O)C2C3C=CC(CC3)C2C1=O)NCc1ccc2c(c1)OCO2. The second-order valence-electron chi connectivity index (χ2n) is 7.88. The molecule has 1 N–H and O–H groups in total. The normalized spacial score (nSPS) is 29.4. The Kier molecular flexibility index (Phi) is 4.10. The molecule has 6 rings (SSSR count). The number of nitrogens with one attached hydrogen (secondary N) is 1. The van der Waals surface area contributed by atoms with Crippen LogP contribution in [0, 0.1) is 23.7 Å². The van der Waals surface area contributed by atoms with Crippen molar-refractivity contribution < 1.29 is 23.9 Å². The smallest absolute Gasteiger partial charge is 0.233 e. The number of carbonyl (C=O) groups excluding carboxylic acids is 3. The van der Waals surface area contributed by atoms with Gasteiger partial charge in [0.25, 0.3) is 0 Å². The third-order valence-electron chi connectivity index (χ3n) is 6.34. The van der Waals surface area contributed by atoms with Crippen LogP contribution in [0.3, 0.4) is 0 Å². The fourth-order valence-electron chi connectivity index (χ4n) is 4.91. The summed E-state index contributed by atoms with van der Waals surface area (Å²) in [7, 11) is 0. The first-order chi connectivity index (χ1) is 13.6. The molecule has 0 radical (unpaired) electrons. The predicted molar refractivity (Wildman–Crippen MR) is 98.1 cm³/mol. The van der Waals surface area contributed by atoms with Crippen LogP contribution in [0.2, 0.25) is 0 Å². The molecular formula is C21H22N2O5. The summed E-state index contributed by atoms with van der Waals surface area (Å²) in [6.07, 6.45) is 6.27. The van der Waals surface area contributed by atoms with E-state index >= 15 is 0 Å². The number of carbonyl (C=O) groups is 3. The lowest BCUT2D eigenvalue weighted by Crippen LogP contribution is -2.38. The van der Waals surface area contributed by atoms with Gasteiger partial charge < -0.3 is 14.8 Å². The number of rotatable bonds is 5. The van der Waals surface area contributed by atoms with Crippen molar-refractivity contribution in [1.82, 2.24) is 10.2 Å². The lowest BCUT2D eigenvalue weighted by Gasteiger charge is -2.38. The van der Waals surface area contributed by atoms with E-state index in [0.717, 1.165) is 18.4 Å². The molecule has 3 aliphatic carbocycles. The van der Waals surface area contributed by atoms with Crippen molar-refractivity contribution in [1.29, 1.82) is 0 Å². The van der Waals surface area contributed by atoms with Crippen molar-refractivity contribution in [2.24, 2.45) is 23.7 Å². The van der Waals surface area contributed by atoms with Crippen molar-refractivity contribution >= 4 is 17.7 Å². The Labute approximate surface area is 162 Å². The molecule has 5 aliphatic rings. The molecule has 4 atom stereocenters. The summed E-state index contributed by atoms with van der Waals surface area (Å²) in [6, 6.07) is 5.52. The molecule has 1 saturated heterocycles. The van der Waals surface area contributed by atoms with Crippen LogP contribution in [-0.4, -0.2) is 36.0 Å². The molecule has 2 heterocycles. The Balaban J connectivity index is 1.16. The lowest BCUT2D eigenvalue weighted by molar-refractivity contribution is -0.140. The standard InChI is InChI=1S/C21H22N2O5/c24-17(22-10-12-1-6-15-16(9-12)28-11-27-15)7-8-23-20(25)18-13-2-3-14(5-4-13)19(18)21(23)26/h1-3,6,9,13-14,18-19H,4-5,7-8,10-11H2,(H,22,24). The Morgan fingerprint density at radius 2 is 1.71 bits per heavy atom. The monoisotopic (exact) mass is 382 g/mol. The largest absolute Gasteiger partial charge is 0.454 e. The van der Waals surface area contributed by atoms with Crippen LogP contribution in [0.4, 0.5) is 0 Å². The average molecular weight is 382 g/mol. The zero-order valence-electron chi connectivity index (χ0n) is 15.4. The first-order valence-corrected chi connectivity index (χ1v) is 9.80. The minimum Gasteiger partial charge on any atom is -0.454 e. The van der Waals surface area contributed by atoms with Crippen molar-refractivity contribution in [3.63, 3.8) is 0 Å². The highest BCUT2D eigenvalue weighted by Crippen LogP contribution is 2.49. The van der Waals surface area contributed by atoms with Crippen LogP contribution in [0.1, 0.15) is 24.8 Å². The van der Waals surface area contributed by atoms with Crippen LogP contribution in [-0.2, 0) is 20.9 Å². The van der Waals surface area contributed by atoms with Gasteiger partial charge >= 0.3 is 0 Å². The van der Waals surface area contributed by atoms with E-state index in [0.29, 0.717) is 18.0 Å². The molecule has 2 bridgehead atoms. The topological polar surface area (TPSA) is 84.9 Å². The molecule has 7 nitrogen and oxygen atoms in total. The molecule has 4 unspecified atom stereocenters. The quantitative estimate of drug-likeness (QED) is 0.618. The molecule has 0 spiro atoms. The summed E-state index contributed by atoms with van der Waals surface area (Å²) in [5.74, 6) is 0.912. The molecule has 28 heavy (non-hydrogen) atoms. The summed E-state index contributed by atoms with van der Waals surface area (Å²) in [5, 5.41) is 2.84. The number of benzene rings is 1. The Bertz CT molecular complexity index is 848. The molecule has 146 valence electrons. The molecule has 3 amide bonds. The fraction of sp³-hybridized carbons (Fsp3) is 0.476. The first kappa shape index (κ1) is 17.3. The van der Waals surface area contributed by atoms with Crippen LogP contribution in [0.25, 0.3) is 0 Å². The maximum atomic E-state index is 12.8. The Morgan fingerprint density at radius 1 is 1.04 bits per heavy atom. The second-order valence-corrected chi connectivity index (χ2v) is 7.88. The van der Waals surface area contributed by atoms with Gasteiger partial charge in [-0.3, -0.25) is 19.3 Å². The highest BCUT2D eigenvalue weighted by molar-refractivity contribution is 6.06. The number of ether oxygens (including phenoxy) is 2. The third kappa shape index (κ3) is 2.77. The number of nitrogens with zero attached hydrogens (tertiary/aromatic N) is 1. The summed E-state index contributed by atoms with van der Waals surface area (Å²) in [6.45, 7) is 0.718. The Hall–Kier alpha value is -2.83. The predicted octanol–water partition coefficient (Wildman–Crippen LogP) is 1.62. The average Bonchev–Trinajstić information content (AvgIpc) is 3.29. The van der Waals surface area contributed by atoms with Crippen LogP contribution in [0.15, 0.2) is 30.4 Å². The summed E-state index contributed by atoms with van der Waals surface area (Å²) < 4.78 is 10.6. The van der Waals surface area contributed by atoms with Gasteiger partial charge in [-0.05, 0) is 42.4 Å². The van der Waals surface area contributed by atoms with Gasteiger partial charge in [0.15, 0.2) is 11.5 Å². The zero-order valence-corrected chi connectivity index (χ0v) is 15.4. The van der Waals surface area contributed by atoms with Gasteiger partial charge in [0.05, 0.1) is 11.8 Å². The van der Waals surface area contributed by atoms with Crippen LogP contribution >= 0.6 is 0 Å². The van der Waals surface area contributed by atoms with Crippen LogP contribution in [0.5, 0.6) is 11.5 Å². The van der Waals surface area contributed by atoms with Gasteiger partial charge in [-0.2, -0.15) is 0 Å². The fourth-order valence-corrected chi connectivity index (χ4v) is 4.91. The summed E-state index contributed by atoms with van der Waals surface area (Å²) in [5.41, 5.74) is 0.902. The second kappa shape index (κ2) is 6.65. The first-order valence-electron chi connectivity index (χ1n) is 9.80. The van der Waals surface area contributed by atoms with Gasteiger partial charge in [-0.15, -0.1) is 0 Å². The number of allylic oxidation sites excluding steroid dienone is 2. The maximum absolute atomic E-state index is 12.8. The minimum atomic E-state index is -0.215. The number of hydrogen-bond acceptors (Lipinski definition) is 5. The van der Waals surface area contributed by atoms with Gasteiger partial charge in [-0.25, -0.2) is 0 Å². The molecule has 0 aromatic heterocycles. The van der Waals surface area contributed by atoms with E-state index in [1.165, 1.54) is 4.90 Å². The van der Waals surface area contributed by atoms with Crippen molar-refractivity contribution in [3.8, 4) is 11.5 Å². The molecule has 7 heteroatoms. The molecule has 2 fully saturated rings. The van der Waals surface area contributed by atoms with Gasteiger partial charge in [0, 0.05) is 19.5 Å². The molecule has 1 saturated carbocycles. The van der Waals surface area contributed by atoms with E-state index < -0.39 is 0 Å². The van der Waals surface area contributed by atoms with Crippen LogP contribution < -0.4 is 14.8 Å². The van der Waals surface area contributed by atoms with Gasteiger partial charge in [0.2, 0.25) is 24.5 Å². The highest BCUT2D eigenvalue weighted by atomic mass is 16.7. The van der Waals surface area contributed by atoms with Gasteiger partial charge in [-0.1, -0.05) is 18.2 Å².